The number of amidine groups is 1. The first-order valence-corrected chi connectivity index (χ1v) is 11.8. The molecular weight excluding hydrogens is 454 g/mol. The number of dihydropyridines is 1. The van der Waals surface area contributed by atoms with Crippen molar-refractivity contribution in [3.05, 3.63) is 88.4 Å². The molecule has 0 bridgehead atoms. The first-order chi connectivity index (χ1) is 16.2. The second-order valence-electron chi connectivity index (χ2n) is 7.74. The predicted molar refractivity (Wildman–Crippen MR) is 133 cm³/mol. The van der Waals surface area contributed by atoms with E-state index in [1.165, 1.54) is 16.7 Å². The molecule has 4 rings (SSSR count). The zero-order valence-corrected chi connectivity index (χ0v) is 19.2. The van der Waals surface area contributed by atoms with Gasteiger partial charge in [-0.3, -0.25) is 23.9 Å². The van der Waals surface area contributed by atoms with Gasteiger partial charge in [-0.15, -0.1) is 0 Å². The normalized spacial score (nSPS) is 14.1. The van der Waals surface area contributed by atoms with E-state index in [1.54, 1.807) is 31.2 Å². The number of nitrogens with one attached hydrogen (secondary N) is 2. The molecule has 174 valence electrons. The molecular formula is C24H23N5O4S. The smallest absolute Gasteiger partial charge is 0.279 e. The number of nitrogens with zero attached hydrogens (tertiary/aromatic N) is 2. The van der Waals surface area contributed by atoms with Crippen LogP contribution in [0.15, 0.2) is 87.0 Å². The van der Waals surface area contributed by atoms with Crippen molar-refractivity contribution in [2.75, 3.05) is 17.8 Å². The summed E-state index contributed by atoms with van der Waals surface area (Å²) in [6.07, 6.45) is 0.532. The SMILES string of the molecule is C=C1CN=C(N)C(n2c(C)ccc(NS(=O)(=O)c3cccc4ccccc34)c2=O)=C1CNC=O. The molecule has 0 fully saturated rings. The molecule has 9 nitrogen and oxygen atoms in total. The molecule has 0 atom stereocenters. The van der Waals surface area contributed by atoms with E-state index < -0.39 is 15.6 Å². The molecule has 4 N–H and O–H groups in total. The Labute approximate surface area is 196 Å². The summed E-state index contributed by atoms with van der Waals surface area (Å²) in [6, 6.07) is 15.0. The van der Waals surface area contributed by atoms with Gasteiger partial charge in [-0.2, -0.15) is 0 Å². The molecule has 0 radical (unpaired) electrons. The lowest BCUT2D eigenvalue weighted by Crippen LogP contribution is -2.35. The molecule has 0 spiro atoms. The van der Waals surface area contributed by atoms with Crippen LogP contribution in [0.25, 0.3) is 16.5 Å². The van der Waals surface area contributed by atoms with Gasteiger partial charge in [-0.1, -0.05) is 43.0 Å². The van der Waals surface area contributed by atoms with Crippen molar-refractivity contribution in [1.82, 2.24) is 9.88 Å². The van der Waals surface area contributed by atoms with Crippen molar-refractivity contribution in [2.24, 2.45) is 10.7 Å². The van der Waals surface area contributed by atoms with Gasteiger partial charge in [0.25, 0.3) is 15.6 Å². The van der Waals surface area contributed by atoms with Crippen LogP contribution in [0.1, 0.15) is 5.69 Å². The molecule has 1 aromatic heterocycles. The van der Waals surface area contributed by atoms with Gasteiger partial charge in [0.05, 0.1) is 17.1 Å². The van der Waals surface area contributed by atoms with Crippen molar-refractivity contribution >= 4 is 44.4 Å². The van der Waals surface area contributed by atoms with E-state index in [2.05, 4.69) is 21.6 Å². The molecule has 34 heavy (non-hydrogen) atoms. The van der Waals surface area contributed by atoms with Crippen LogP contribution in [0.4, 0.5) is 5.69 Å². The van der Waals surface area contributed by atoms with Crippen LogP contribution in [0.5, 0.6) is 0 Å². The number of pyridine rings is 1. The number of fused-ring (bicyclic) bond motifs is 1. The number of rotatable bonds is 7. The van der Waals surface area contributed by atoms with Crippen molar-refractivity contribution < 1.29 is 13.2 Å². The lowest BCUT2D eigenvalue weighted by molar-refractivity contribution is -0.109. The Morgan fingerprint density at radius 3 is 2.65 bits per heavy atom. The van der Waals surface area contributed by atoms with Gasteiger partial charge in [0, 0.05) is 23.2 Å². The third kappa shape index (κ3) is 4.11. The van der Waals surface area contributed by atoms with Crippen LogP contribution in [0.2, 0.25) is 0 Å². The van der Waals surface area contributed by atoms with Gasteiger partial charge >= 0.3 is 0 Å². The minimum absolute atomic E-state index is 0.0549. The van der Waals surface area contributed by atoms with Crippen LogP contribution < -0.4 is 21.3 Å². The van der Waals surface area contributed by atoms with E-state index in [0.29, 0.717) is 28.6 Å². The third-order valence-corrected chi connectivity index (χ3v) is 6.97. The van der Waals surface area contributed by atoms with Crippen molar-refractivity contribution in [3.8, 4) is 0 Å². The Bertz CT molecular complexity index is 1550. The first kappa shape index (κ1) is 23.0. The quantitative estimate of drug-likeness (QED) is 0.447. The summed E-state index contributed by atoms with van der Waals surface area (Å²) in [6.45, 7) is 5.97. The number of hydrogen-bond donors (Lipinski definition) is 3. The highest BCUT2D eigenvalue weighted by atomic mass is 32.2. The number of anilines is 1. The molecule has 1 aliphatic heterocycles. The second-order valence-corrected chi connectivity index (χ2v) is 9.39. The van der Waals surface area contributed by atoms with Crippen LogP contribution in [-0.4, -0.2) is 38.3 Å². The summed E-state index contributed by atoms with van der Waals surface area (Å²) in [5, 5.41) is 3.86. The van der Waals surface area contributed by atoms with Crippen LogP contribution in [0.3, 0.4) is 0 Å². The maximum absolute atomic E-state index is 13.5. The maximum atomic E-state index is 13.5. The number of sulfonamides is 1. The van der Waals surface area contributed by atoms with Gasteiger partial charge < -0.3 is 11.1 Å². The van der Waals surface area contributed by atoms with Gasteiger partial charge in [0.1, 0.15) is 11.5 Å². The third-order valence-electron chi connectivity index (χ3n) is 5.54. The van der Waals surface area contributed by atoms with Crippen molar-refractivity contribution in [1.29, 1.82) is 0 Å². The van der Waals surface area contributed by atoms with E-state index in [1.807, 2.05) is 18.2 Å². The average Bonchev–Trinajstić information content (AvgIpc) is 2.82. The highest BCUT2D eigenvalue weighted by Crippen LogP contribution is 2.26. The number of nitrogens with two attached hydrogens (primary N) is 1. The van der Waals surface area contributed by atoms with Gasteiger partial charge in [0.15, 0.2) is 0 Å². The number of aliphatic imine (C=N–C) groups is 1. The summed E-state index contributed by atoms with van der Waals surface area (Å²) in [5.41, 5.74) is 7.25. The van der Waals surface area contributed by atoms with E-state index in [-0.39, 0.29) is 35.2 Å². The molecule has 2 aromatic carbocycles. The van der Waals surface area contributed by atoms with Gasteiger partial charge in [0.2, 0.25) is 6.41 Å². The summed E-state index contributed by atoms with van der Waals surface area (Å²) >= 11 is 0. The molecule has 0 saturated heterocycles. The Morgan fingerprint density at radius 1 is 1.15 bits per heavy atom. The number of carbonyl (C=O) groups is 1. The molecule has 3 aromatic rings. The molecule has 0 saturated carbocycles. The fourth-order valence-electron chi connectivity index (χ4n) is 3.89. The van der Waals surface area contributed by atoms with Gasteiger partial charge in [-0.05, 0) is 36.1 Å². The highest BCUT2D eigenvalue weighted by Gasteiger charge is 2.25. The first-order valence-electron chi connectivity index (χ1n) is 10.4. The number of aromatic nitrogens is 1. The lowest BCUT2D eigenvalue weighted by atomic mass is 10.0. The van der Waals surface area contributed by atoms with E-state index in [0.717, 1.165) is 5.39 Å². The summed E-state index contributed by atoms with van der Waals surface area (Å²) in [4.78, 5) is 28.7. The number of amides is 1. The summed E-state index contributed by atoms with van der Waals surface area (Å²) < 4.78 is 30.3. The zero-order valence-electron chi connectivity index (χ0n) is 18.4. The van der Waals surface area contributed by atoms with Crippen LogP contribution in [-0.2, 0) is 14.8 Å². The lowest BCUT2D eigenvalue weighted by Gasteiger charge is -2.24. The zero-order chi connectivity index (χ0) is 24.5. The number of hydrogen-bond acceptors (Lipinski definition) is 6. The molecule has 0 aliphatic carbocycles. The Morgan fingerprint density at radius 2 is 1.88 bits per heavy atom. The minimum atomic E-state index is -4.09. The molecule has 0 unspecified atom stereocenters. The Hall–Kier alpha value is -4.18. The fraction of sp³-hybridized carbons (Fsp3) is 0.125. The summed E-state index contributed by atoms with van der Waals surface area (Å²) in [5.74, 6) is 0.0920. The number of benzene rings is 2. The van der Waals surface area contributed by atoms with Crippen LogP contribution >= 0.6 is 0 Å². The topological polar surface area (TPSA) is 136 Å². The predicted octanol–water partition coefficient (Wildman–Crippen LogP) is 1.99. The molecule has 1 aliphatic rings. The van der Waals surface area contributed by atoms with Crippen molar-refractivity contribution in [3.63, 3.8) is 0 Å². The molecule has 2 heterocycles. The molecule has 10 heteroatoms. The van der Waals surface area contributed by atoms with E-state index in [9.17, 15) is 18.0 Å². The fourth-order valence-corrected chi connectivity index (χ4v) is 5.18. The Kier molecular flexibility index (Phi) is 6.08. The second kappa shape index (κ2) is 8.99. The van der Waals surface area contributed by atoms with Crippen LogP contribution in [0, 0.1) is 6.92 Å². The minimum Gasteiger partial charge on any atom is -0.382 e. The van der Waals surface area contributed by atoms with Gasteiger partial charge in [-0.25, -0.2) is 8.42 Å². The number of aryl methyl sites for hydroxylation is 1. The summed E-state index contributed by atoms with van der Waals surface area (Å²) in [7, 11) is -4.09. The largest absolute Gasteiger partial charge is 0.382 e. The van der Waals surface area contributed by atoms with Crippen molar-refractivity contribution in [2.45, 2.75) is 11.8 Å². The highest BCUT2D eigenvalue weighted by molar-refractivity contribution is 7.93. The van der Waals surface area contributed by atoms with E-state index in [4.69, 9.17) is 5.73 Å². The number of carbonyl (C=O) groups excluding carboxylic acids is 1. The Balaban J connectivity index is 1.85. The van der Waals surface area contributed by atoms with E-state index >= 15 is 0 Å². The maximum Gasteiger partial charge on any atom is 0.279 e. The average molecular weight is 478 g/mol. The monoisotopic (exact) mass is 477 g/mol. The molecule has 1 amide bonds. The standard InChI is InChI=1S/C24H23N5O4S/c1-15-12-27-23(25)22(19(15)13-26-14-30)29-16(2)10-11-20(24(29)31)28-34(32,33)21-9-5-7-17-6-3-4-8-18(17)21/h3-11,14,28H,1,12-13H2,2H3,(H2,25,27)(H,26,30).